The summed E-state index contributed by atoms with van der Waals surface area (Å²) in [5, 5.41) is 9.63. The zero-order valence-electron chi connectivity index (χ0n) is 14.8. The highest BCUT2D eigenvalue weighted by Gasteiger charge is 2.23. The highest BCUT2D eigenvalue weighted by atomic mass is 79.9. The van der Waals surface area contributed by atoms with Gasteiger partial charge in [-0.15, -0.1) is 0 Å². The molecule has 0 radical (unpaired) electrons. The molecule has 1 aromatic carbocycles. The number of hydrogen-bond acceptors (Lipinski definition) is 2. The summed E-state index contributed by atoms with van der Waals surface area (Å²) >= 11 is 2.88. The minimum Gasteiger partial charge on any atom is -0.389 e. The monoisotopic (exact) mass is 236 g/mol. The van der Waals surface area contributed by atoms with Gasteiger partial charge >= 0.3 is 0 Å². The summed E-state index contributed by atoms with van der Waals surface area (Å²) in [5.74, 6) is 0. The van der Waals surface area contributed by atoms with Crippen LogP contribution in [0.1, 0.15) is 12.3 Å². The number of hydrogen-bond donors (Lipinski definition) is 1. The molecule has 3 heteroatoms. The molecule has 0 aromatic heterocycles. The van der Waals surface area contributed by atoms with Crippen molar-refractivity contribution >= 4 is 21.6 Å². The maximum atomic E-state index is 9.63. The van der Waals surface area contributed by atoms with Crippen molar-refractivity contribution in [3.05, 3.63) is 28.6 Å². The van der Waals surface area contributed by atoms with E-state index >= 15 is 0 Å². The number of halogens is 1. The van der Waals surface area contributed by atoms with Crippen LogP contribution in [0.4, 0.5) is 5.69 Å². The van der Waals surface area contributed by atoms with Gasteiger partial charge in [-0.05, 0) is 24.2 Å². The summed E-state index contributed by atoms with van der Waals surface area (Å²) < 4.78 is 68.6. The molecule has 2 nitrogen and oxygen atoms in total. The fraction of sp³-hybridized carbons (Fsp3) is 0.333. The van der Waals surface area contributed by atoms with E-state index < -0.39 is 48.9 Å². The Balaban J connectivity index is 2.75. The maximum Gasteiger partial charge on any atom is 0.0889 e. The molecule has 0 aliphatic carbocycles. The normalized spacial score (nSPS) is 39.5. The van der Waals surface area contributed by atoms with E-state index in [0.29, 0.717) is 0 Å². The van der Waals surface area contributed by atoms with Gasteiger partial charge < -0.3 is 10.0 Å². The Hall–Kier alpha value is -0.540. The molecule has 64 valence electrons. The highest BCUT2D eigenvalue weighted by Crippen LogP contribution is 2.22. The van der Waals surface area contributed by atoms with Crippen molar-refractivity contribution < 1.29 is 17.4 Å². The van der Waals surface area contributed by atoms with Gasteiger partial charge in [0, 0.05) is 23.2 Å². The van der Waals surface area contributed by atoms with Gasteiger partial charge in [0.2, 0.25) is 0 Å². The van der Waals surface area contributed by atoms with Crippen molar-refractivity contribution in [1.29, 1.82) is 0 Å². The van der Waals surface area contributed by atoms with E-state index in [4.69, 9.17) is 12.3 Å². The van der Waals surface area contributed by atoms with Crippen LogP contribution in [0.25, 0.3) is 0 Å². The Bertz CT molecular complexity index is 585. The number of anilines is 1. The third-order valence-electron chi connectivity index (χ3n) is 1.24. The summed E-state index contributed by atoms with van der Waals surface area (Å²) in [4.78, 5) is 0.264. The number of nitrogens with zero attached hydrogens (tertiary/aromatic N) is 1. The molecule has 12 heavy (non-hydrogen) atoms. The Morgan fingerprint density at radius 2 is 2.17 bits per heavy atom. The predicted octanol–water partition coefficient (Wildman–Crippen LogP) is 1.63. The largest absolute Gasteiger partial charge is 0.389 e. The Morgan fingerprint density at radius 3 is 2.75 bits per heavy atom. The second kappa shape index (κ2) is 3.07. The fourth-order valence-electron chi connectivity index (χ4n) is 0.726. The molecule has 1 aromatic rings. The second-order valence-electron chi connectivity index (χ2n) is 2.07. The van der Waals surface area contributed by atoms with E-state index in [1.165, 1.54) is 0 Å². The van der Waals surface area contributed by atoms with E-state index in [0.717, 1.165) is 0 Å². The van der Waals surface area contributed by atoms with Crippen LogP contribution >= 0.6 is 15.9 Å². The molecule has 0 unspecified atom stereocenters. The molecular weight excluding hydrogens is 218 g/mol. The van der Waals surface area contributed by atoms with Gasteiger partial charge in [0.15, 0.2) is 0 Å². The Kier molecular flexibility index (Phi) is 0.697. The van der Waals surface area contributed by atoms with E-state index in [-0.39, 0.29) is 9.37 Å². The van der Waals surface area contributed by atoms with Gasteiger partial charge in [0.1, 0.15) is 0 Å². The molecule has 2 rings (SSSR count). The lowest BCUT2D eigenvalue weighted by Crippen LogP contribution is -2.50. The smallest absolute Gasteiger partial charge is 0.0889 e. The van der Waals surface area contributed by atoms with Crippen molar-refractivity contribution in [2.45, 2.75) is 6.08 Å². The summed E-state index contributed by atoms with van der Waals surface area (Å²) in [6.45, 7) is -5.82. The van der Waals surface area contributed by atoms with Crippen LogP contribution in [0, 0.1) is 0 Å². The van der Waals surface area contributed by atoms with Crippen molar-refractivity contribution in [2.75, 3.05) is 17.9 Å². The quantitative estimate of drug-likeness (QED) is 0.802. The summed E-state index contributed by atoms with van der Waals surface area (Å²) in [6.07, 6.45) is -3.10. The molecule has 1 heterocycles. The number of benzene rings is 1. The summed E-state index contributed by atoms with van der Waals surface area (Å²) in [7, 11) is 0. The van der Waals surface area contributed by atoms with Gasteiger partial charge in [-0.2, -0.15) is 0 Å². The lowest BCUT2D eigenvalue weighted by molar-refractivity contribution is 0.142. The molecule has 1 fully saturated rings. The van der Waals surface area contributed by atoms with Crippen LogP contribution < -0.4 is 4.90 Å². The molecule has 0 saturated carbocycles. The molecule has 1 saturated heterocycles. The third kappa shape index (κ3) is 1.47. The summed E-state index contributed by atoms with van der Waals surface area (Å²) in [6, 6.07) is -2.33. The Morgan fingerprint density at radius 1 is 1.58 bits per heavy atom. The molecule has 0 bridgehead atoms. The minimum absolute atomic E-state index is 0.135. The number of β-amino-alcohol motifs (C(OH)–C–C–N with tert-alkyl or cyclic N) is 1. The van der Waals surface area contributed by atoms with Crippen LogP contribution in [0.5, 0.6) is 0 Å². The van der Waals surface area contributed by atoms with Gasteiger partial charge in [-0.3, -0.25) is 0 Å². The molecule has 1 N–H and O–H groups in total. The van der Waals surface area contributed by atoms with Crippen LogP contribution in [0.2, 0.25) is 0 Å². The van der Waals surface area contributed by atoms with Crippen molar-refractivity contribution in [3.8, 4) is 0 Å². The molecule has 0 atom stereocenters. The first-order valence-electron chi connectivity index (χ1n) is 7.58. The van der Waals surface area contributed by atoms with Crippen LogP contribution in [-0.2, 0) is 0 Å². The standard InChI is InChI=1S/C9H10BrNO/c10-7-1-3-8(4-2-7)11-5-9(12)6-11/h1-4,9,12H,5-6H2/i1D,2D,3D,4D,5D2,6D2,9D. The average molecular weight is 237 g/mol. The topological polar surface area (TPSA) is 23.5 Å². The zero-order chi connectivity index (χ0) is 16.5. The lowest BCUT2D eigenvalue weighted by Gasteiger charge is -2.37. The molecule has 1 aliphatic rings. The predicted molar refractivity (Wildman–Crippen MR) is 52.4 cm³/mol. The average Bonchev–Trinajstić information content (AvgIpc) is 2.37. The van der Waals surface area contributed by atoms with Crippen LogP contribution in [0.3, 0.4) is 0 Å². The van der Waals surface area contributed by atoms with E-state index in [9.17, 15) is 5.11 Å². The first kappa shape index (κ1) is 2.72. The van der Waals surface area contributed by atoms with Gasteiger partial charge in [-0.25, -0.2) is 0 Å². The number of aliphatic hydroxyl groups is 1. The van der Waals surface area contributed by atoms with E-state index in [1.807, 2.05) is 0 Å². The SMILES string of the molecule is [2H]c1c([2H])c(N2C([2H])([2H])C([2H])(O)C2([2H])[2H])c([2H])c([2H])c1Br. The minimum atomic E-state index is -3.10. The first-order chi connectivity index (χ1) is 9.30. The lowest BCUT2D eigenvalue weighted by atomic mass is 10.1. The Labute approximate surface area is 92.6 Å². The third-order valence-corrected chi connectivity index (χ3v) is 1.64. The zero-order valence-corrected chi connectivity index (χ0v) is 7.36. The molecule has 1 aliphatic heterocycles. The summed E-state index contributed by atoms with van der Waals surface area (Å²) in [5.41, 5.74) is -0.639. The van der Waals surface area contributed by atoms with Crippen molar-refractivity contribution in [3.63, 3.8) is 0 Å². The second-order valence-corrected chi connectivity index (χ2v) is 2.86. The van der Waals surface area contributed by atoms with E-state index in [2.05, 4.69) is 15.9 Å². The van der Waals surface area contributed by atoms with Gasteiger partial charge in [0.25, 0.3) is 0 Å². The highest BCUT2D eigenvalue weighted by molar-refractivity contribution is 9.10. The van der Waals surface area contributed by atoms with E-state index in [1.54, 1.807) is 0 Å². The van der Waals surface area contributed by atoms with Crippen LogP contribution in [-0.4, -0.2) is 24.2 Å². The molecular formula is C9H10BrNO. The van der Waals surface area contributed by atoms with Crippen LogP contribution in [0.15, 0.2) is 28.6 Å². The molecule has 0 amide bonds. The van der Waals surface area contributed by atoms with Gasteiger partial charge in [0.05, 0.1) is 18.4 Å². The maximum absolute atomic E-state index is 9.63. The first-order valence-corrected chi connectivity index (χ1v) is 3.88. The number of rotatable bonds is 1. The molecule has 0 spiro atoms. The van der Waals surface area contributed by atoms with Crippen molar-refractivity contribution in [1.82, 2.24) is 0 Å². The van der Waals surface area contributed by atoms with Gasteiger partial charge in [-0.1, -0.05) is 15.9 Å². The van der Waals surface area contributed by atoms with Crippen molar-refractivity contribution in [2.24, 2.45) is 0 Å². The fourth-order valence-corrected chi connectivity index (χ4v) is 0.924.